The second-order valence-corrected chi connectivity index (χ2v) is 11.7. The van der Waals surface area contributed by atoms with Crippen molar-refractivity contribution >= 4 is 0 Å². The Labute approximate surface area is 213 Å². The molecule has 2 nitrogen and oxygen atoms in total. The number of hydrogen-bond donors (Lipinski definition) is 1. The summed E-state index contributed by atoms with van der Waals surface area (Å²) in [6.45, 7) is 17.6. The molecular weight excluding hydrogens is 426 g/mol. The summed E-state index contributed by atoms with van der Waals surface area (Å²) in [7, 11) is 0. The third-order valence-corrected chi connectivity index (χ3v) is 7.76. The van der Waals surface area contributed by atoms with Crippen LogP contribution in [0, 0.1) is 0 Å². The molecule has 1 aliphatic carbocycles. The highest BCUT2D eigenvalue weighted by Crippen LogP contribution is 2.47. The number of nitrogens with one attached hydrogen (secondary N) is 1. The second-order valence-electron chi connectivity index (χ2n) is 11.7. The van der Waals surface area contributed by atoms with Gasteiger partial charge in [-0.2, -0.15) is 0 Å². The van der Waals surface area contributed by atoms with Gasteiger partial charge in [0.25, 0.3) is 0 Å². The van der Waals surface area contributed by atoms with E-state index in [0.29, 0.717) is 12.6 Å². The molecule has 1 N–H and O–H groups in total. The van der Waals surface area contributed by atoms with Gasteiger partial charge in [-0.25, -0.2) is 0 Å². The van der Waals surface area contributed by atoms with Crippen LogP contribution >= 0.6 is 0 Å². The van der Waals surface area contributed by atoms with Gasteiger partial charge in [-0.15, -0.1) is 0 Å². The fourth-order valence-corrected chi connectivity index (χ4v) is 5.42. The van der Waals surface area contributed by atoms with E-state index >= 15 is 0 Å². The van der Waals surface area contributed by atoms with Crippen LogP contribution in [0.1, 0.15) is 78.0 Å². The quantitative estimate of drug-likeness (QED) is 0.335. The SMILES string of the molecule is CCc1ccccc1-c1ccc(OCCNC(C)C)c(-c2ccc3c(c2)C(C)(C)CCC3(C)C)c1. The predicted molar refractivity (Wildman–Crippen MR) is 151 cm³/mol. The van der Waals surface area contributed by atoms with E-state index in [2.05, 4.69) is 114 Å². The topological polar surface area (TPSA) is 21.3 Å². The highest BCUT2D eigenvalue weighted by molar-refractivity contribution is 5.79. The summed E-state index contributed by atoms with van der Waals surface area (Å²) < 4.78 is 6.36. The van der Waals surface area contributed by atoms with Crippen molar-refractivity contribution in [2.24, 2.45) is 0 Å². The summed E-state index contributed by atoms with van der Waals surface area (Å²) >= 11 is 0. The zero-order valence-electron chi connectivity index (χ0n) is 22.8. The third kappa shape index (κ3) is 5.48. The van der Waals surface area contributed by atoms with Crippen LogP contribution in [0.15, 0.2) is 60.7 Å². The third-order valence-electron chi connectivity index (χ3n) is 7.76. The molecule has 0 unspecified atom stereocenters. The molecule has 0 spiro atoms. The van der Waals surface area contributed by atoms with Crippen LogP contribution in [0.3, 0.4) is 0 Å². The van der Waals surface area contributed by atoms with Gasteiger partial charge in [0, 0.05) is 18.2 Å². The molecule has 186 valence electrons. The molecule has 0 saturated heterocycles. The Hall–Kier alpha value is -2.58. The van der Waals surface area contributed by atoms with Gasteiger partial charge in [0.1, 0.15) is 12.4 Å². The van der Waals surface area contributed by atoms with Crippen molar-refractivity contribution in [2.45, 2.75) is 84.6 Å². The van der Waals surface area contributed by atoms with E-state index in [1.165, 1.54) is 51.8 Å². The van der Waals surface area contributed by atoms with Crippen molar-refractivity contribution in [1.29, 1.82) is 0 Å². The number of ether oxygens (including phenoxy) is 1. The largest absolute Gasteiger partial charge is 0.492 e. The lowest BCUT2D eigenvalue weighted by Gasteiger charge is -2.42. The molecule has 4 rings (SSSR count). The number of benzene rings is 3. The molecule has 0 atom stereocenters. The summed E-state index contributed by atoms with van der Waals surface area (Å²) in [5.74, 6) is 0.959. The summed E-state index contributed by atoms with van der Waals surface area (Å²) in [6.07, 6.45) is 3.46. The lowest BCUT2D eigenvalue weighted by atomic mass is 9.63. The van der Waals surface area contributed by atoms with Crippen molar-refractivity contribution < 1.29 is 4.74 Å². The molecule has 2 heteroatoms. The average Bonchev–Trinajstić information content (AvgIpc) is 2.84. The van der Waals surface area contributed by atoms with Crippen molar-refractivity contribution in [1.82, 2.24) is 5.32 Å². The highest BCUT2D eigenvalue weighted by Gasteiger charge is 2.37. The lowest BCUT2D eigenvalue weighted by molar-refractivity contribution is 0.310. The zero-order chi connectivity index (χ0) is 25.2. The van der Waals surface area contributed by atoms with E-state index in [-0.39, 0.29) is 10.8 Å². The number of fused-ring (bicyclic) bond motifs is 1. The minimum Gasteiger partial charge on any atom is -0.492 e. The van der Waals surface area contributed by atoms with Crippen LogP contribution in [0.2, 0.25) is 0 Å². The lowest BCUT2D eigenvalue weighted by Crippen LogP contribution is -2.33. The summed E-state index contributed by atoms with van der Waals surface area (Å²) in [5.41, 5.74) is 9.74. The maximum absolute atomic E-state index is 6.36. The number of hydrogen-bond acceptors (Lipinski definition) is 2. The van der Waals surface area contributed by atoms with Gasteiger partial charge in [-0.1, -0.05) is 97.0 Å². The van der Waals surface area contributed by atoms with E-state index in [1.807, 2.05) is 0 Å². The van der Waals surface area contributed by atoms with Gasteiger partial charge in [0.2, 0.25) is 0 Å². The van der Waals surface area contributed by atoms with Crippen LogP contribution in [-0.2, 0) is 17.3 Å². The van der Waals surface area contributed by atoms with Gasteiger partial charge in [-0.3, -0.25) is 0 Å². The molecule has 0 saturated carbocycles. The summed E-state index contributed by atoms with van der Waals surface area (Å²) in [5, 5.41) is 3.46. The van der Waals surface area contributed by atoms with E-state index in [4.69, 9.17) is 4.74 Å². The maximum atomic E-state index is 6.36. The van der Waals surface area contributed by atoms with Gasteiger partial charge in [0.05, 0.1) is 0 Å². The molecule has 0 radical (unpaired) electrons. The molecule has 0 bridgehead atoms. The van der Waals surface area contributed by atoms with Crippen molar-refractivity contribution in [2.75, 3.05) is 13.2 Å². The van der Waals surface area contributed by atoms with Gasteiger partial charge in [0.15, 0.2) is 0 Å². The van der Waals surface area contributed by atoms with Crippen LogP contribution in [-0.4, -0.2) is 19.2 Å². The van der Waals surface area contributed by atoms with Crippen LogP contribution in [0.5, 0.6) is 5.75 Å². The molecule has 3 aromatic rings. The van der Waals surface area contributed by atoms with Crippen molar-refractivity contribution in [3.8, 4) is 28.0 Å². The van der Waals surface area contributed by atoms with Gasteiger partial charge >= 0.3 is 0 Å². The minimum atomic E-state index is 0.176. The first-order chi connectivity index (χ1) is 16.6. The first kappa shape index (κ1) is 25.5. The molecular formula is C33H43NO. The minimum absolute atomic E-state index is 0.176. The standard InChI is InChI=1S/C33H43NO/c1-8-24-11-9-10-12-27(24)25-14-16-31(35-20-19-34-23(2)3)28(21-25)26-13-15-29-30(22-26)33(6,7)18-17-32(29,4)5/h9-16,21-23,34H,8,17-20H2,1-7H3. The van der Waals surface area contributed by atoms with E-state index in [0.717, 1.165) is 18.7 Å². The average molecular weight is 470 g/mol. The molecule has 3 aromatic carbocycles. The molecule has 35 heavy (non-hydrogen) atoms. The molecule has 0 aromatic heterocycles. The normalized spacial score (nSPS) is 16.2. The Bertz CT molecular complexity index is 1170. The first-order valence-corrected chi connectivity index (χ1v) is 13.4. The van der Waals surface area contributed by atoms with E-state index in [1.54, 1.807) is 0 Å². The molecule has 0 aliphatic heterocycles. The predicted octanol–water partition coefficient (Wildman–Crippen LogP) is 8.31. The molecule has 0 fully saturated rings. The van der Waals surface area contributed by atoms with Crippen LogP contribution < -0.4 is 10.1 Å². The first-order valence-electron chi connectivity index (χ1n) is 13.4. The fraction of sp³-hybridized carbons (Fsp3) is 0.455. The fourth-order valence-electron chi connectivity index (χ4n) is 5.42. The van der Waals surface area contributed by atoms with Crippen molar-refractivity contribution in [3.63, 3.8) is 0 Å². The Balaban J connectivity index is 1.80. The summed E-state index contributed by atoms with van der Waals surface area (Å²) in [6, 6.07) is 23.1. The molecule has 0 heterocycles. The zero-order valence-corrected chi connectivity index (χ0v) is 22.8. The Morgan fingerprint density at radius 2 is 1.46 bits per heavy atom. The van der Waals surface area contributed by atoms with Crippen LogP contribution in [0.4, 0.5) is 0 Å². The van der Waals surface area contributed by atoms with Crippen LogP contribution in [0.25, 0.3) is 22.3 Å². The van der Waals surface area contributed by atoms with Gasteiger partial charge < -0.3 is 10.1 Å². The second kappa shape index (κ2) is 10.2. The van der Waals surface area contributed by atoms with E-state index in [9.17, 15) is 0 Å². The monoisotopic (exact) mass is 469 g/mol. The smallest absolute Gasteiger partial charge is 0.127 e. The van der Waals surface area contributed by atoms with E-state index < -0.39 is 0 Å². The Morgan fingerprint density at radius 3 is 2.17 bits per heavy atom. The highest BCUT2D eigenvalue weighted by atomic mass is 16.5. The maximum Gasteiger partial charge on any atom is 0.127 e. The Morgan fingerprint density at radius 1 is 0.800 bits per heavy atom. The van der Waals surface area contributed by atoms with Crippen molar-refractivity contribution in [3.05, 3.63) is 77.4 Å². The van der Waals surface area contributed by atoms with Gasteiger partial charge in [-0.05, 0) is 75.6 Å². The summed E-state index contributed by atoms with van der Waals surface area (Å²) in [4.78, 5) is 0. The molecule has 1 aliphatic rings. The Kier molecular flexibility index (Phi) is 7.43. The number of aryl methyl sites for hydroxylation is 1. The molecule has 0 amide bonds. The number of rotatable bonds is 8.